The van der Waals surface area contributed by atoms with Crippen LogP contribution in [0, 0.1) is 0 Å². The van der Waals surface area contributed by atoms with Gasteiger partial charge in [0, 0.05) is 0 Å². The molecule has 1 aliphatic rings. The van der Waals surface area contributed by atoms with Gasteiger partial charge in [-0.1, -0.05) is 12.8 Å². The van der Waals surface area contributed by atoms with Crippen LogP contribution in [-0.4, -0.2) is 41.0 Å². The SMILES string of the molecule is CN(C)CCCN[SiH]1CCCC1. The van der Waals surface area contributed by atoms with Gasteiger partial charge in [0.15, 0.2) is 0 Å². The first-order valence-corrected chi connectivity index (χ1v) is 7.38. The molecule has 3 heteroatoms. The van der Waals surface area contributed by atoms with Crippen LogP contribution in [0.2, 0.25) is 12.1 Å². The van der Waals surface area contributed by atoms with Crippen LogP contribution in [0.1, 0.15) is 19.3 Å². The van der Waals surface area contributed by atoms with Crippen molar-refractivity contribution in [3.63, 3.8) is 0 Å². The van der Waals surface area contributed by atoms with Gasteiger partial charge in [-0.25, -0.2) is 0 Å². The minimum absolute atomic E-state index is 0.412. The van der Waals surface area contributed by atoms with Crippen LogP contribution < -0.4 is 4.98 Å². The zero-order valence-electron chi connectivity index (χ0n) is 8.47. The van der Waals surface area contributed by atoms with Crippen molar-refractivity contribution in [2.45, 2.75) is 31.4 Å². The van der Waals surface area contributed by atoms with Gasteiger partial charge in [-0.15, -0.1) is 0 Å². The third-order valence-corrected chi connectivity index (χ3v) is 5.65. The Hall–Kier alpha value is 0.137. The maximum Gasteiger partial charge on any atom is 0.108 e. The zero-order valence-corrected chi connectivity index (χ0v) is 9.63. The van der Waals surface area contributed by atoms with Crippen LogP contribution in [0.25, 0.3) is 0 Å². The molecule has 72 valence electrons. The lowest BCUT2D eigenvalue weighted by Crippen LogP contribution is -2.32. The van der Waals surface area contributed by atoms with Crippen LogP contribution >= 0.6 is 0 Å². The predicted molar refractivity (Wildman–Crippen MR) is 57.2 cm³/mol. The van der Waals surface area contributed by atoms with Gasteiger partial charge in [0.05, 0.1) is 0 Å². The molecule has 12 heavy (non-hydrogen) atoms. The van der Waals surface area contributed by atoms with Crippen molar-refractivity contribution in [3.05, 3.63) is 0 Å². The van der Waals surface area contributed by atoms with Crippen LogP contribution in [0.4, 0.5) is 0 Å². The Morgan fingerprint density at radius 3 is 2.50 bits per heavy atom. The van der Waals surface area contributed by atoms with Crippen molar-refractivity contribution >= 4 is 8.96 Å². The molecule has 0 spiro atoms. The third kappa shape index (κ3) is 4.23. The average molecular weight is 186 g/mol. The third-order valence-electron chi connectivity index (χ3n) is 2.57. The van der Waals surface area contributed by atoms with Crippen LogP contribution in [0.5, 0.6) is 0 Å². The van der Waals surface area contributed by atoms with Gasteiger partial charge in [0.2, 0.25) is 0 Å². The molecule has 0 bridgehead atoms. The van der Waals surface area contributed by atoms with Crippen molar-refractivity contribution in [1.82, 2.24) is 9.88 Å². The van der Waals surface area contributed by atoms with E-state index in [1.165, 1.54) is 32.4 Å². The lowest BCUT2D eigenvalue weighted by molar-refractivity contribution is 0.400. The molecular formula is C9H22N2Si. The Balaban J connectivity index is 1.88. The van der Waals surface area contributed by atoms with E-state index < -0.39 is 8.96 Å². The molecule has 0 aromatic heterocycles. The molecule has 1 N–H and O–H groups in total. The smallest absolute Gasteiger partial charge is 0.108 e. The van der Waals surface area contributed by atoms with Gasteiger partial charge in [-0.05, 0) is 45.7 Å². The van der Waals surface area contributed by atoms with Crippen molar-refractivity contribution < 1.29 is 0 Å². The van der Waals surface area contributed by atoms with E-state index in [1.54, 1.807) is 12.1 Å². The van der Waals surface area contributed by atoms with Gasteiger partial charge in [-0.2, -0.15) is 0 Å². The maximum absolute atomic E-state index is 3.75. The summed E-state index contributed by atoms with van der Waals surface area (Å²) in [6.45, 7) is 2.49. The molecule has 0 radical (unpaired) electrons. The summed E-state index contributed by atoms with van der Waals surface area (Å²) in [5, 5.41) is 0. The van der Waals surface area contributed by atoms with E-state index in [0.29, 0.717) is 0 Å². The summed E-state index contributed by atoms with van der Waals surface area (Å²) in [6.07, 6.45) is 4.31. The van der Waals surface area contributed by atoms with Crippen LogP contribution in [0.15, 0.2) is 0 Å². The lowest BCUT2D eigenvalue weighted by Gasteiger charge is -2.12. The van der Waals surface area contributed by atoms with Gasteiger partial charge < -0.3 is 9.88 Å². The van der Waals surface area contributed by atoms with E-state index in [1.807, 2.05) is 0 Å². The monoisotopic (exact) mass is 186 g/mol. The van der Waals surface area contributed by atoms with E-state index in [0.717, 1.165) is 0 Å². The number of nitrogens with one attached hydrogen (secondary N) is 1. The van der Waals surface area contributed by atoms with E-state index in [-0.39, 0.29) is 0 Å². The Bertz CT molecular complexity index is 111. The Morgan fingerprint density at radius 1 is 1.25 bits per heavy atom. The number of hydrogen-bond donors (Lipinski definition) is 1. The zero-order chi connectivity index (χ0) is 8.81. The van der Waals surface area contributed by atoms with E-state index >= 15 is 0 Å². The van der Waals surface area contributed by atoms with Crippen molar-refractivity contribution in [2.75, 3.05) is 27.2 Å². The molecule has 0 unspecified atom stereocenters. The molecule has 0 aliphatic carbocycles. The second-order valence-corrected chi connectivity index (χ2v) is 7.05. The first kappa shape index (κ1) is 10.2. The summed E-state index contributed by atoms with van der Waals surface area (Å²) < 4.78 is 0. The highest BCUT2D eigenvalue weighted by Gasteiger charge is 2.15. The first-order chi connectivity index (χ1) is 5.79. The second kappa shape index (κ2) is 5.73. The molecule has 0 amide bonds. The van der Waals surface area contributed by atoms with E-state index in [4.69, 9.17) is 0 Å². The van der Waals surface area contributed by atoms with Gasteiger partial charge in [0.1, 0.15) is 8.96 Å². The molecule has 1 rings (SSSR count). The highest BCUT2D eigenvalue weighted by Crippen LogP contribution is 2.16. The summed E-state index contributed by atoms with van der Waals surface area (Å²) in [5.74, 6) is 0. The number of hydrogen-bond acceptors (Lipinski definition) is 2. The average Bonchev–Trinajstić information content (AvgIpc) is 2.49. The largest absolute Gasteiger partial charge is 0.339 e. The fourth-order valence-corrected chi connectivity index (χ4v) is 4.70. The molecular weight excluding hydrogens is 164 g/mol. The fourth-order valence-electron chi connectivity index (χ4n) is 1.83. The quantitative estimate of drug-likeness (QED) is 0.510. The van der Waals surface area contributed by atoms with Crippen LogP contribution in [0.3, 0.4) is 0 Å². The topological polar surface area (TPSA) is 15.3 Å². The molecule has 1 heterocycles. The minimum Gasteiger partial charge on any atom is -0.339 e. The first-order valence-electron chi connectivity index (χ1n) is 5.17. The van der Waals surface area contributed by atoms with E-state index in [2.05, 4.69) is 24.0 Å². The molecule has 1 saturated heterocycles. The Kier molecular flexibility index (Phi) is 4.88. The van der Waals surface area contributed by atoms with Gasteiger partial charge >= 0.3 is 0 Å². The summed E-state index contributed by atoms with van der Waals surface area (Å²) in [5.41, 5.74) is 0. The minimum atomic E-state index is -0.412. The van der Waals surface area contributed by atoms with Crippen molar-refractivity contribution in [2.24, 2.45) is 0 Å². The number of rotatable bonds is 5. The molecule has 0 atom stereocenters. The van der Waals surface area contributed by atoms with Gasteiger partial charge in [-0.3, -0.25) is 0 Å². The van der Waals surface area contributed by atoms with E-state index in [9.17, 15) is 0 Å². The number of nitrogens with zero attached hydrogens (tertiary/aromatic N) is 1. The summed E-state index contributed by atoms with van der Waals surface area (Å²) in [4.78, 5) is 6.01. The van der Waals surface area contributed by atoms with Crippen LogP contribution in [-0.2, 0) is 0 Å². The molecule has 0 saturated carbocycles. The molecule has 0 aromatic carbocycles. The molecule has 1 fully saturated rings. The Morgan fingerprint density at radius 2 is 1.92 bits per heavy atom. The summed E-state index contributed by atoms with van der Waals surface area (Å²) in [6, 6.07) is 3.09. The molecule has 1 aliphatic heterocycles. The maximum atomic E-state index is 3.75. The van der Waals surface area contributed by atoms with Gasteiger partial charge in [0.25, 0.3) is 0 Å². The fraction of sp³-hybridized carbons (Fsp3) is 1.00. The normalized spacial score (nSPS) is 19.2. The standard InChI is InChI=1S/C9H22N2Si/c1-11(2)7-5-6-10-12-8-3-4-9-12/h10,12H,3-9H2,1-2H3. The summed E-state index contributed by atoms with van der Waals surface area (Å²) >= 11 is 0. The predicted octanol–water partition coefficient (Wildman–Crippen LogP) is 1.05. The highest BCUT2D eigenvalue weighted by atomic mass is 28.3. The molecule has 0 aromatic rings. The molecule has 2 nitrogen and oxygen atoms in total. The second-order valence-electron chi connectivity index (χ2n) is 4.09. The summed E-state index contributed by atoms with van der Waals surface area (Å²) in [7, 11) is 3.88. The Labute approximate surface area is 78.0 Å². The highest BCUT2D eigenvalue weighted by molar-refractivity contribution is 6.56. The lowest BCUT2D eigenvalue weighted by atomic mass is 10.4. The van der Waals surface area contributed by atoms with Crippen molar-refractivity contribution in [1.29, 1.82) is 0 Å². The van der Waals surface area contributed by atoms with Crippen molar-refractivity contribution in [3.8, 4) is 0 Å².